The van der Waals surface area contributed by atoms with Gasteiger partial charge in [0.2, 0.25) is 43.6 Å². The average Bonchev–Trinajstić information content (AvgIpc) is 1.49. The van der Waals surface area contributed by atoms with Crippen LogP contribution in [0.2, 0.25) is 0 Å². The standard InChI is InChI=1S/C36H42N6O7S.C30H36BrN5O7S/c1-22-9-10-23(20-38-22)31-27-15-16-37-33(28(27)13-14-30(31)48-3)49-25-18-29-32(43)39-36(34(44)40-50(46,47)26-11-12-26)19-24(36)8-6-4-5-7-17-41(2)35(45)42(29)21-25;1-35-14-6-4-3-5-7-18-16-30(18,28(38)34-44(40,41)20-8-9-20)33-26(37)23-15-19(17-36(23)29(35)39)43-27-22-10-11-24(42-2)25(31)21(22)12-13-32-27/h6,8-10,13-16,20,24-26,29H,4-5,7,11-12,17-19,21H2,1-3H3,(H,39,43)(H,40,44);5,7,10-13,18-20,23H,3-4,6,8-9,14-17H2,1-2H3,(H,33,37)(H,34,38)/b8-6-;7-5-/t24-,25-,29+,36-;18-,19-,23+,30-/m11/s1. The van der Waals surface area contributed by atoms with E-state index in [1.807, 2.05) is 73.7 Å². The molecule has 94 heavy (non-hydrogen) atoms. The molecule has 28 heteroatoms. The fourth-order valence-electron chi connectivity index (χ4n) is 13.1. The van der Waals surface area contributed by atoms with Gasteiger partial charge in [0.15, 0.2) is 0 Å². The summed E-state index contributed by atoms with van der Waals surface area (Å²) in [5.74, 6) is -1.22. The molecule has 5 aromatic rings. The summed E-state index contributed by atoms with van der Waals surface area (Å²) in [5, 5.41) is 7.74. The molecule has 25 nitrogen and oxygen atoms in total. The molecule has 13 rings (SSSR count). The lowest BCUT2D eigenvalue weighted by molar-refractivity contribution is -0.131. The lowest BCUT2D eigenvalue weighted by Crippen LogP contribution is -2.57. The molecule has 6 fully saturated rings. The number of urea groups is 2. The van der Waals surface area contributed by atoms with Crippen LogP contribution >= 0.6 is 15.9 Å². The Morgan fingerprint density at radius 2 is 1.07 bits per heavy atom. The van der Waals surface area contributed by atoms with Gasteiger partial charge in [-0.15, -0.1) is 0 Å². The molecule has 4 aliphatic carbocycles. The first kappa shape index (κ1) is 65.9. The van der Waals surface area contributed by atoms with Crippen molar-refractivity contribution < 1.29 is 64.6 Å². The maximum Gasteiger partial charge on any atom is 0.320 e. The van der Waals surface area contributed by atoms with E-state index in [4.69, 9.17) is 18.9 Å². The zero-order chi connectivity index (χ0) is 66.4. The van der Waals surface area contributed by atoms with Crippen molar-refractivity contribution in [2.75, 3.05) is 54.5 Å². The van der Waals surface area contributed by atoms with E-state index < -0.39 is 89.5 Å². The third-order valence-corrected chi connectivity index (χ3v) is 23.5. The van der Waals surface area contributed by atoms with E-state index in [1.165, 1.54) is 9.80 Å². The Bertz CT molecular complexity index is 4120. The molecule has 0 bridgehead atoms. The van der Waals surface area contributed by atoms with E-state index in [9.17, 15) is 45.6 Å². The number of nitrogens with zero attached hydrogens (tertiary/aromatic N) is 7. The number of rotatable bonds is 13. The average molecular weight is 1390 g/mol. The van der Waals surface area contributed by atoms with Crippen LogP contribution in [0.25, 0.3) is 32.7 Å². The molecule has 4 N–H and O–H groups in total. The van der Waals surface area contributed by atoms with Crippen molar-refractivity contribution >= 4 is 93.2 Å². The Balaban J connectivity index is 0.000000182. The lowest BCUT2D eigenvalue weighted by atomic mass is 9.99. The summed E-state index contributed by atoms with van der Waals surface area (Å²) in [6.07, 6.45) is 19.2. The number of amides is 8. The van der Waals surface area contributed by atoms with Crippen molar-refractivity contribution in [3.8, 4) is 34.4 Å². The molecular formula is C66H78BrN11O14S2. The number of carbonyl (C=O) groups excluding carboxylic acids is 6. The molecule has 500 valence electrons. The van der Waals surface area contributed by atoms with Crippen LogP contribution in [-0.4, -0.2) is 187 Å². The molecule has 8 amide bonds. The first-order chi connectivity index (χ1) is 45.0. The minimum absolute atomic E-state index is 0.114. The Morgan fingerprint density at radius 1 is 0.606 bits per heavy atom. The second kappa shape index (κ2) is 26.6. The minimum Gasteiger partial charge on any atom is -0.496 e. The third kappa shape index (κ3) is 13.6. The largest absolute Gasteiger partial charge is 0.496 e. The van der Waals surface area contributed by atoms with Crippen LogP contribution in [0.3, 0.4) is 0 Å². The molecule has 8 aliphatic rings. The van der Waals surface area contributed by atoms with Gasteiger partial charge in [0.1, 0.15) is 46.9 Å². The summed E-state index contributed by atoms with van der Waals surface area (Å²) in [7, 11) is -1.03. The molecule has 0 spiro atoms. The molecule has 8 atom stereocenters. The monoisotopic (exact) mass is 1390 g/mol. The molecule has 4 aliphatic heterocycles. The summed E-state index contributed by atoms with van der Waals surface area (Å²) in [4.78, 5) is 102. The number of nitrogens with one attached hydrogen (secondary N) is 4. The number of allylic oxidation sites excluding steroid dienone is 2. The topological polar surface area (TPSA) is 307 Å². The highest BCUT2D eigenvalue weighted by atomic mass is 79.9. The van der Waals surface area contributed by atoms with Crippen molar-refractivity contribution in [3.05, 3.63) is 102 Å². The van der Waals surface area contributed by atoms with Crippen LogP contribution in [0.5, 0.6) is 23.3 Å². The molecule has 7 heterocycles. The normalized spacial score (nSPS) is 27.3. The summed E-state index contributed by atoms with van der Waals surface area (Å²) in [5.41, 5.74) is -0.227. The lowest BCUT2D eigenvalue weighted by Gasteiger charge is -2.30. The smallest absolute Gasteiger partial charge is 0.320 e. The highest BCUT2D eigenvalue weighted by molar-refractivity contribution is 9.10. The van der Waals surface area contributed by atoms with Gasteiger partial charge in [-0.25, -0.2) is 36.4 Å². The van der Waals surface area contributed by atoms with Gasteiger partial charge in [0.25, 0.3) is 11.8 Å². The van der Waals surface area contributed by atoms with Gasteiger partial charge in [-0.2, -0.15) is 0 Å². The Kier molecular flexibility index (Phi) is 18.7. The van der Waals surface area contributed by atoms with Gasteiger partial charge < -0.3 is 49.2 Å². The number of ether oxygens (including phenoxy) is 4. The first-order valence-corrected chi connectivity index (χ1v) is 35.9. The molecule has 0 unspecified atom stereocenters. The number of aryl methyl sites for hydroxylation is 1. The summed E-state index contributed by atoms with van der Waals surface area (Å²) >= 11 is 3.58. The van der Waals surface area contributed by atoms with Crippen molar-refractivity contribution in [1.29, 1.82) is 0 Å². The highest BCUT2D eigenvalue weighted by Gasteiger charge is 2.63. The highest BCUT2D eigenvalue weighted by Crippen LogP contribution is 2.48. The zero-order valence-corrected chi connectivity index (χ0v) is 56.3. The van der Waals surface area contributed by atoms with Crippen LogP contribution < -0.4 is 39.0 Å². The van der Waals surface area contributed by atoms with E-state index in [1.54, 1.807) is 62.8 Å². The number of benzene rings is 2. The van der Waals surface area contributed by atoms with E-state index >= 15 is 0 Å². The van der Waals surface area contributed by atoms with Gasteiger partial charge in [0, 0.05) is 109 Å². The maximum absolute atomic E-state index is 14.1. The number of fused-ring (bicyclic) bond motifs is 6. The fourth-order valence-corrected chi connectivity index (χ4v) is 16.5. The van der Waals surface area contributed by atoms with Crippen LogP contribution in [-0.2, 0) is 39.2 Å². The van der Waals surface area contributed by atoms with E-state index in [-0.39, 0.29) is 62.7 Å². The molecule has 2 aromatic carbocycles. The molecule has 2 saturated heterocycles. The Morgan fingerprint density at radius 3 is 1.53 bits per heavy atom. The van der Waals surface area contributed by atoms with E-state index in [0.29, 0.717) is 62.0 Å². The number of halogens is 1. The van der Waals surface area contributed by atoms with Gasteiger partial charge in [0.05, 0.1) is 42.3 Å². The first-order valence-electron chi connectivity index (χ1n) is 32.0. The second-order valence-corrected chi connectivity index (χ2v) is 30.5. The Hall–Kier alpha value is -8.11. The number of carbonyl (C=O) groups is 6. The number of methoxy groups -OCH3 is 2. The van der Waals surface area contributed by atoms with Crippen molar-refractivity contribution in [1.82, 2.24) is 54.6 Å². The van der Waals surface area contributed by atoms with Crippen molar-refractivity contribution in [2.45, 2.75) is 143 Å². The van der Waals surface area contributed by atoms with Crippen molar-refractivity contribution in [2.24, 2.45) is 11.8 Å². The summed E-state index contributed by atoms with van der Waals surface area (Å²) in [6.45, 7) is 3.21. The molecule has 3 aromatic heterocycles. The molecular weight excluding hydrogens is 1310 g/mol. The van der Waals surface area contributed by atoms with Crippen LogP contribution in [0.1, 0.15) is 95.6 Å². The summed E-state index contributed by atoms with van der Waals surface area (Å²) in [6, 6.07) is 12.5. The van der Waals surface area contributed by atoms with Gasteiger partial charge in [-0.05, 0) is 142 Å². The third-order valence-electron chi connectivity index (χ3n) is 19.0. The zero-order valence-electron chi connectivity index (χ0n) is 53.0. The fraction of sp³-hybridized carbons (Fsp3) is 0.500. The van der Waals surface area contributed by atoms with E-state index in [2.05, 4.69) is 51.0 Å². The predicted octanol–water partition coefficient (Wildman–Crippen LogP) is 6.81. The minimum atomic E-state index is -3.83. The van der Waals surface area contributed by atoms with Crippen LogP contribution in [0.15, 0.2) is 95.9 Å². The number of hydrogen-bond donors (Lipinski definition) is 4. The van der Waals surface area contributed by atoms with Crippen LogP contribution in [0.4, 0.5) is 9.59 Å². The van der Waals surface area contributed by atoms with Crippen molar-refractivity contribution in [3.63, 3.8) is 0 Å². The number of pyridine rings is 3. The summed E-state index contributed by atoms with van der Waals surface area (Å²) < 4.78 is 79.9. The van der Waals surface area contributed by atoms with Gasteiger partial charge in [-0.1, -0.05) is 30.4 Å². The number of sulfonamides is 2. The molecule has 4 saturated carbocycles. The van der Waals surface area contributed by atoms with E-state index in [0.717, 1.165) is 81.4 Å². The predicted molar refractivity (Wildman–Crippen MR) is 351 cm³/mol. The van der Waals surface area contributed by atoms with Gasteiger partial charge in [-0.3, -0.25) is 33.6 Å². The number of hydrogen-bond acceptors (Lipinski definition) is 17. The quantitative estimate of drug-likeness (QED) is 0.0880. The van der Waals surface area contributed by atoms with Gasteiger partial charge >= 0.3 is 12.1 Å². The maximum atomic E-state index is 14.1. The second-order valence-electron chi connectivity index (χ2n) is 25.8. The SMILES string of the molecule is COc1ccc2c(O[C@@H]3C[C@H]4C(=O)N[C@]5(C(=O)NS(=O)(=O)C6CC6)C[C@H]5/C=C\CCCCN(C)C(=O)N4C3)nccc2c1-c1ccc(C)nc1.COc1ccc2c(O[C@@H]3C[C@H]4C(=O)N[C@]5(C(=O)NS(=O)(=O)C6CC6)C[C@H]5/C=C\CCCCN(C)C(=O)N4C3)nccc2c1Br. The van der Waals surface area contributed by atoms with Crippen LogP contribution in [0, 0.1) is 18.8 Å². The Labute approximate surface area is 554 Å². The number of aromatic nitrogens is 3. The molecule has 0 radical (unpaired) electrons.